The molecule has 0 amide bonds. The number of benzene rings is 2. The third-order valence-corrected chi connectivity index (χ3v) is 4.08. The number of ether oxygens (including phenoxy) is 2. The van der Waals surface area contributed by atoms with Crippen LogP contribution in [0.3, 0.4) is 0 Å². The summed E-state index contributed by atoms with van der Waals surface area (Å²) in [5, 5.41) is 3.19. The monoisotopic (exact) mass is 341 g/mol. The summed E-state index contributed by atoms with van der Waals surface area (Å²) in [4.78, 5) is 4.40. The van der Waals surface area contributed by atoms with Crippen molar-refractivity contribution in [3.05, 3.63) is 59.2 Å². The Morgan fingerprint density at radius 2 is 1.88 bits per heavy atom. The SMILES string of the molecule is COc1ccc(CN=C(N)NCC(C)c2cccc(C)c2)cc1OC. The fourth-order valence-corrected chi connectivity index (χ4v) is 2.56. The van der Waals surface area contributed by atoms with Crippen LogP contribution in [0.25, 0.3) is 0 Å². The van der Waals surface area contributed by atoms with Crippen LogP contribution in [0.5, 0.6) is 11.5 Å². The van der Waals surface area contributed by atoms with Crippen LogP contribution >= 0.6 is 0 Å². The molecule has 0 aliphatic carbocycles. The number of methoxy groups -OCH3 is 2. The van der Waals surface area contributed by atoms with Gasteiger partial charge in [-0.2, -0.15) is 0 Å². The van der Waals surface area contributed by atoms with E-state index in [-0.39, 0.29) is 0 Å². The maximum atomic E-state index is 5.99. The Morgan fingerprint density at radius 3 is 2.56 bits per heavy atom. The van der Waals surface area contributed by atoms with E-state index in [0.29, 0.717) is 29.9 Å². The molecule has 0 aliphatic rings. The molecular weight excluding hydrogens is 314 g/mol. The summed E-state index contributed by atoms with van der Waals surface area (Å²) in [7, 11) is 3.24. The Bertz CT molecular complexity index is 729. The molecule has 2 aromatic carbocycles. The molecule has 5 heteroatoms. The summed E-state index contributed by atoms with van der Waals surface area (Å²) in [6, 6.07) is 14.2. The summed E-state index contributed by atoms with van der Waals surface area (Å²) in [5.41, 5.74) is 9.55. The maximum Gasteiger partial charge on any atom is 0.188 e. The van der Waals surface area contributed by atoms with Crippen molar-refractivity contribution in [3.63, 3.8) is 0 Å². The third kappa shape index (κ3) is 5.41. The van der Waals surface area contributed by atoms with Crippen molar-refractivity contribution in [2.24, 2.45) is 10.7 Å². The highest BCUT2D eigenvalue weighted by atomic mass is 16.5. The summed E-state index contributed by atoms with van der Waals surface area (Å²) < 4.78 is 10.5. The molecule has 2 aromatic rings. The molecule has 25 heavy (non-hydrogen) atoms. The number of aryl methyl sites for hydroxylation is 1. The zero-order valence-corrected chi connectivity index (χ0v) is 15.4. The van der Waals surface area contributed by atoms with Crippen LogP contribution in [0.15, 0.2) is 47.5 Å². The molecule has 0 aromatic heterocycles. The normalized spacial score (nSPS) is 12.6. The van der Waals surface area contributed by atoms with E-state index in [1.165, 1.54) is 11.1 Å². The fourth-order valence-electron chi connectivity index (χ4n) is 2.56. The quantitative estimate of drug-likeness (QED) is 0.599. The van der Waals surface area contributed by atoms with Gasteiger partial charge in [0.15, 0.2) is 17.5 Å². The molecule has 1 unspecified atom stereocenters. The first-order valence-electron chi connectivity index (χ1n) is 8.34. The number of guanidine groups is 1. The molecule has 2 rings (SSSR count). The minimum atomic E-state index is 0.356. The lowest BCUT2D eigenvalue weighted by Crippen LogP contribution is -2.34. The minimum absolute atomic E-state index is 0.356. The van der Waals surface area contributed by atoms with E-state index in [4.69, 9.17) is 15.2 Å². The predicted octanol–water partition coefficient (Wildman–Crippen LogP) is 3.22. The van der Waals surface area contributed by atoms with Crippen LogP contribution in [0.4, 0.5) is 0 Å². The van der Waals surface area contributed by atoms with E-state index in [9.17, 15) is 0 Å². The molecule has 0 aliphatic heterocycles. The lowest BCUT2D eigenvalue weighted by atomic mass is 9.99. The molecule has 0 saturated heterocycles. The highest BCUT2D eigenvalue weighted by molar-refractivity contribution is 5.77. The molecule has 0 spiro atoms. The standard InChI is InChI=1S/C20H27N3O2/c1-14-6-5-7-17(10-14)15(2)12-22-20(21)23-13-16-8-9-18(24-3)19(11-16)25-4/h5-11,15H,12-13H2,1-4H3,(H3,21,22,23). The summed E-state index contributed by atoms with van der Waals surface area (Å²) in [6.07, 6.45) is 0. The number of aliphatic imine (C=N–C) groups is 1. The highest BCUT2D eigenvalue weighted by Crippen LogP contribution is 2.27. The van der Waals surface area contributed by atoms with Gasteiger partial charge in [-0.1, -0.05) is 42.8 Å². The number of hydrogen-bond donors (Lipinski definition) is 2. The average Bonchev–Trinajstić information content (AvgIpc) is 2.64. The summed E-state index contributed by atoms with van der Waals surface area (Å²) >= 11 is 0. The van der Waals surface area contributed by atoms with E-state index < -0.39 is 0 Å². The molecule has 0 bridgehead atoms. The topological polar surface area (TPSA) is 68.9 Å². The fraction of sp³-hybridized carbons (Fsp3) is 0.350. The number of nitrogens with one attached hydrogen (secondary N) is 1. The lowest BCUT2D eigenvalue weighted by molar-refractivity contribution is 0.354. The van der Waals surface area contributed by atoms with Crippen molar-refractivity contribution in [1.29, 1.82) is 0 Å². The van der Waals surface area contributed by atoms with Crippen molar-refractivity contribution >= 4 is 5.96 Å². The zero-order valence-electron chi connectivity index (χ0n) is 15.4. The second-order valence-electron chi connectivity index (χ2n) is 6.09. The van der Waals surface area contributed by atoms with Gasteiger partial charge in [-0.3, -0.25) is 0 Å². The van der Waals surface area contributed by atoms with Crippen LogP contribution in [0.1, 0.15) is 29.5 Å². The Hall–Kier alpha value is -2.69. The number of nitrogens with two attached hydrogens (primary N) is 1. The molecule has 0 heterocycles. The number of hydrogen-bond acceptors (Lipinski definition) is 3. The molecule has 0 radical (unpaired) electrons. The second-order valence-corrected chi connectivity index (χ2v) is 6.09. The Labute approximate surface area is 149 Å². The van der Waals surface area contributed by atoms with Gasteiger partial charge in [0, 0.05) is 6.54 Å². The minimum Gasteiger partial charge on any atom is -0.493 e. The van der Waals surface area contributed by atoms with E-state index >= 15 is 0 Å². The molecular formula is C20H27N3O2. The zero-order chi connectivity index (χ0) is 18.2. The summed E-state index contributed by atoms with van der Waals surface area (Å²) in [6.45, 7) is 5.49. The van der Waals surface area contributed by atoms with E-state index in [1.54, 1.807) is 14.2 Å². The van der Waals surface area contributed by atoms with Gasteiger partial charge >= 0.3 is 0 Å². The van der Waals surface area contributed by atoms with Gasteiger partial charge in [-0.15, -0.1) is 0 Å². The molecule has 5 nitrogen and oxygen atoms in total. The molecule has 3 N–H and O–H groups in total. The van der Waals surface area contributed by atoms with Gasteiger partial charge in [0.05, 0.1) is 20.8 Å². The number of rotatable bonds is 7. The van der Waals surface area contributed by atoms with Crippen molar-refractivity contribution in [2.75, 3.05) is 20.8 Å². The van der Waals surface area contributed by atoms with Crippen LogP contribution in [0.2, 0.25) is 0 Å². The van der Waals surface area contributed by atoms with Crippen LogP contribution in [-0.4, -0.2) is 26.7 Å². The van der Waals surface area contributed by atoms with E-state index in [1.807, 2.05) is 18.2 Å². The van der Waals surface area contributed by atoms with Gasteiger partial charge in [0.25, 0.3) is 0 Å². The molecule has 0 fully saturated rings. The summed E-state index contributed by atoms with van der Waals surface area (Å²) in [5.74, 6) is 2.19. The Morgan fingerprint density at radius 1 is 1.12 bits per heavy atom. The van der Waals surface area contributed by atoms with Gasteiger partial charge < -0.3 is 20.5 Å². The first kappa shape index (κ1) is 18.6. The van der Waals surface area contributed by atoms with Gasteiger partial charge in [0.1, 0.15) is 0 Å². The Kier molecular flexibility index (Phi) is 6.69. The van der Waals surface area contributed by atoms with Crippen molar-refractivity contribution in [3.8, 4) is 11.5 Å². The van der Waals surface area contributed by atoms with Gasteiger partial charge in [-0.25, -0.2) is 4.99 Å². The van der Waals surface area contributed by atoms with E-state index in [2.05, 4.69) is 48.4 Å². The van der Waals surface area contributed by atoms with Gasteiger partial charge in [-0.05, 0) is 36.1 Å². The van der Waals surface area contributed by atoms with E-state index in [0.717, 1.165) is 12.1 Å². The average molecular weight is 341 g/mol. The van der Waals surface area contributed by atoms with Crippen LogP contribution < -0.4 is 20.5 Å². The van der Waals surface area contributed by atoms with Crippen LogP contribution in [0, 0.1) is 6.92 Å². The molecule has 134 valence electrons. The predicted molar refractivity (Wildman–Crippen MR) is 102 cm³/mol. The van der Waals surface area contributed by atoms with Crippen LogP contribution in [-0.2, 0) is 6.54 Å². The van der Waals surface area contributed by atoms with Crippen molar-refractivity contribution in [1.82, 2.24) is 5.32 Å². The lowest BCUT2D eigenvalue weighted by Gasteiger charge is -2.14. The Balaban J connectivity index is 1.91. The third-order valence-electron chi connectivity index (χ3n) is 4.08. The largest absolute Gasteiger partial charge is 0.493 e. The van der Waals surface area contributed by atoms with Crippen molar-refractivity contribution < 1.29 is 9.47 Å². The maximum absolute atomic E-state index is 5.99. The smallest absolute Gasteiger partial charge is 0.188 e. The molecule has 1 atom stereocenters. The number of nitrogens with zero attached hydrogens (tertiary/aromatic N) is 1. The van der Waals surface area contributed by atoms with Gasteiger partial charge in [0.2, 0.25) is 0 Å². The first-order valence-corrected chi connectivity index (χ1v) is 8.34. The highest BCUT2D eigenvalue weighted by Gasteiger charge is 2.07. The first-order chi connectivity index (χ1) is 12.0. The second kappa shape index (κ2) is 8.97. The van der Waals surface area contributed by atoms with Crippen molar-refractivity contribution in [2.45, 2.75) is 26.3 Å². The molecule has 0 saturated carbocycles.